The van der Waals surface area contributed by atoms with E-state index in [1.54, 1.807) is 6.20 Å². The lowest BCUT2D eigenvalue weighted by Crippen LogP contribution is -2.59. The van der Waals surface area contributed by atoms with E-state index in [2.05, 4.69) is 77.8 Å². The number of fused-ring (bicyclic) bond motifs is 5. The summed E-state index contributed by atoms with van der Waals surface area (Å²) in [6.45, 7) is 9.21. The number of carbonyl (C=O) groups excluding carboxylic acids is 5. The van der Waals surface area contributed by atoms with Crippen molar-refractivity contribution in [2.75, 3.05) is 54.4 Å². The summed E-state index contributed by atoms with van der Waals surface area (Å²) in [4.78, 5) is 94.4. The predicted octanol–water partition coefficient (Wildman–Crippen LogP) is 7.08. The van der Waals surface area contributed by atoms with Gasteiger partial charge in [-0.15, -0.1) is 0 Å². The highest BCUT2D eigenvalue weighted by atomic mass is 16.2. The Morgan fingerprint density at radius 3 is 2.19 bits per heavy atom. The lowest BCUT2D eigenvalue weighted by molar-refractivity contribution is -0.148. The first-order valence-electron chi connectivity index (χ1n) is 28.0. The van der Waals surface area contributed by atoms with Crippen molar-refractivity contribution in [3.8, 4) is 11.3 Å². The highest BCUT2D eigenvalue weighted by Gasteiger charge is 2.57. The first kappa shape index (κ1) is 46.9. The molecule has 3 unspecified atom stereocenters. The number of amides is 5. The summed E-state index contributed by atoms with van der Waals surface area (Å²) in [5, 5.41) is 6.15. The van der Waals surface area contributed by atoms with Gasteiger partial charge < -0.3 is 34.4 Å². The molecule has 9 aliphatic rings. The molecule has 73 heavy (non-hydrogen) atoms. The lowest BCUT2D eigenvalue weighted by Gasteiger charge is -2.48. The van der Waals surface area contributed by atoms with Gasteiger partial charge in [0.2, 0.25) is 29.5 Å². The maximum Gasteiger partial charge on any atom is 0.238 e. The van der Waals surface area contributed by atoms with Gasteiger partial charge in [0.25, 0.3) is 0 Å². The zero-order chi connectivity index (χ0) is 49.7. The van der Waals surface area contributed by atoms with Crippen LogP contribution in [0.15, 0.2) is 48.9 Å². The summed E-state index contributed by atoms with van der Waals surface area (Å²) < 4.78 is 2.20. The standard InChI is InChI=1S/C57H71N11O5/c1-34(2)66-33-59-47-31-46(61-52(51(47)66)60-39-8-9-39)36-6-13-45-48(28-36)68(43-29-42(30-43)63-20-4-3-5-21-63)56(73)57(45)18-24-65(25-19-57)54(71)38-26-40-10-11-41(27-38)67(40)55(72)35-16-22-64(23-17-35)49-14-7-37(32-58-49)44-12-15-50(69)62-53(44)70/h6-7,13-14,28,31-35,38-44H,3-5,8-12,15-27,29-30H2,1-2H3,(H,60,61)(H,62,69,70). The number of nitrogens with zero attached hydrogens (tertiary/aromatic N) is 9. The molecule has 3 atom stereocenters. The van der Waals surface area contributed by atoms with Crippen LogP contribution in [0.2, 0.25) is 0 Å². The maximum atomic E-state index is 15.3. The van der Waals surface area contributed by atoms with Crippen LogP contribution in [-0.2, 0) is 29.4 Å². The Kier molecular flexibility index (Phi) is 11.9. The molecule has 2 N–H and O–H groups in total. The number of imidazole rings is 1. The highest BCUT2D eigenvalue weighted by molar-refractivity contribution is 6.09. The molecule has 10 heterocycles. The van der Waals surface area contributed by atoms with E-state index in [0.29, 0.717) is 63.7 Å². The molecule has 5 amide bonds. The fourth-order valence-electron chi connectivity index (χ4n) is 14.5. The minimum atomic E-state index is -0.674. The molecule has 8 fully saturated rings. The predicted molar refractivity (Wildman–Crippen MR) is 278 cm³/mol. The van der Waals surface area contributed by atoms with Gasteiger partial charge in [-0.05, 0) is 153 Å². The van der Waals surface area contributed by atoms with Crippen molar-refractivity contribution in [2.24, 2.45) is 11.8 Å². The lowest BCUT2D eigenvalue weighted by atomic mass is 9.73. The summed E-state index contributed by atoms with van der Waals surface area (Å²) in [5.41, 5.74) is 6.07. The van der Waals surface area contributed by atoms with Gasteiger partial charge in [0.15, 0.2) is 5.82 Å². The number of hydrogen-bond acceptors (Lipinski definition) is 11. The van der Waals surface area contributed by atoms with Crippen molar-refractivity contribution in [2.45, 2.75) is 171 Å². The molecule has 7 aliphatic heterocycles. The van der Waals surface area contributed by atoms with Crippen LogP contribution >= 0.6 is 0 Å². The van der Waals surface area contributed by atoms with E-state index >= 15 is 4.79 Å². The molecule has 3 aromatic heterocycles. The molecule has 1 aromatic carbocycles. The van der Waals surface area contributed by atoms with E-state index in [1.807, 2.05) is 18.5 Å². The van der Waals surface area contributed by atoms with E-state index in [9.17, 15) is 19.2 Å². The Labute approximate surface area is 428 Å². The van der Waals surface area contributed by atoms with E-state index in [0.717, 1.165) is 128 Å². The molecular formula is C57H71N11O5. The van der Waals surface area contributed by atoms with Gasteiger partial charge in [-0.2, -0.15) is 0 Å². The number of rotatable bonds is 10. The van der Waals surface area contributed by atoms with Crippen LogP contribution < -0.4 is 20.4 Å². The SMILES string of the molecule is CC(C)n1cnc2cc(-c3ccc4c(c3)N(C3CC(N5CCCCC5)C3)C(=O)C43CCN(C(=O)C4CC5CCC(C4)N5C(=O)C4CCN(c5ccc(C6CCC(=O)NC6=O)cn5)CC4)CC3)nc(NC3CC3)c21. The normalized spacial score (nSPS) is 28.5. The summed E-state index contributed by atoms with van der Waals surface area (Å²) >= 11 is 0. The van der Waals surface area contributed by atoms with Gasteiger partial charge in [-0.3, -0.25) is 29.3 Å². The Balaban J connectivity index is 0.678. The molecule has 1 spiro atoms. The van der Waals surface area contributed by atoms with Crippen molar-refractivity contribution in [1.29, 1.82) is 0 Å². The summed E-state index contributed by atoms with van der Waals surface area (Å²) in [6.07, 6.45) is 18.6. The van der Waals surface area contributed by atoms with Crippen LogP contribution in [-0.4, -0.2) is 133 Å². The second-order valence-corrected chi connectivity index (χ2v) is 23.6. The average Bonchev–Trinajstić information content (AvgIpc) is 3.98. The molecule has 384 valence electrons. The van der Waals surface area contributed by atoms with E-state index in [4.69, 9.17) is 15.0 Å². The summed E-state index contributed by atoms with van der Waals surface area (Å²) in [7, 11) is 0. The summed E-state index contributed by atoms with van der Waals surface area (Å²) in [5.74, 6) is 1.34. The van der Waals surface area contributed by atoms with Gasteiger partial charge in [-0.25, -0.2) is 15.0 Å². The molecule has 2 aliphatic carbocycles. The minimum absolute atomic E-state index is 0.0537. The smallest absolute Gasteiger partial charge is 0.238 e. The van der Waals surface area contributed by atoms with Crippen molar-refractivity contribution < 1.29 is 24.0 Å². The highest BCUT2D eigenvalue weighted by Crippen LogP contribution is 2.53. The third kappa shape index (κ3) is 8.28. The molecular weight excluding hydrogens is 919 g/mol. The average molecular weight is 990 g/mol. The molecule has 13 rings (SSSR count). The van der Waals surface area contributed by atoms with Gasteiger partial charge in [0.1, 0.15) is 11.3 Å². The number of hydrogen-bond donors (Lipinski definition) is 2. The Hall–Kier alpha value is -5.90. The van der Waals surface area contributed by atoms with E-state index < -0.39 is 5.41 Å². The first-order valence-corrected chi connectivity index (χ1v) is 28.0. The van der Waals surface area contributed by atoms with Crippen LogP contribution in [0.4, 0.5) is 17.3 Å². The van der Waals surface area contributed by atoms with Crippen LogP contribution in [0.25, 0.3) is 22.3 Å². The van der Waals surface area contributed by atoms with Crippen LogP contribution in [0.1, 0.15) is 146 Å². The molecule has 2 bridgehead atoms. The number of pyridine rings is 2. The van der Waals surface area contributed by atoms with E-state index in [-0.39, 0.29) is 71.5 Å². The zero-order valence-electron chi connectivity index (χ0n) is 42.6. The van der Waals surface area contributed by atoms with Crippen LogP contribution in [0, 0.1) is 11.8 Å². The number of benzene rings is 1. The number of imide groups is 1. The fraction of sp³-hybridized carbons (Fsp3) is 0.614. The minimum Gasteiger partial charge on any atom is -0.366 e. The molecule has 16 nitrogen and oxygen atoms in total. The van der Waals surface area contributed by atoms with Crippen LogP contribution in [0.5, 0.6) is 0 Å². The quantitative estimate of drug-likeness (QED) is 0.156. The number of likely N-dealkylation sites (tertiary alicyclic amines) is 2. The third-order valence-corrected chi connectivity index (χ3v) is 18.9. The Bertz CT molecular complexity index is 2820. The van der Waals surface area contributed by atoms with Gasteiger partial charge in [0, 0.05) is 98.1 Å². The third-order valence-electron chi connectivity index (χ3n) is 18.9. The monoisotopic (exact) mass is 990 g/mol. The van der Waals surface area contributed by atoms with Crippen molar-refractivity contribution in [3.63, 3.8) is 0 Å². The second-order valence-electron chi connectivity index (χ2n) is 23.6. The number of nitrogens with one attached hydrogen (secondary N) is 2. The van der Waals surface area contributed by atoms with Gasteiger partial charge in [-0.1, -0.05) is 24.6 Å². The van der Waals surface area contributed by atoms with Crippen LogP contribution in [0.3, 0.4) is 0 Å². The van der Waals surface area contributed by atoms with E-state index in [1.165, 1.54) is 19.3 Å². The largest absolute Gasteiger partial charge is 0.366 e. The van der Waals surface area contributed by atoms with Crippen molar-refractivity contribution in [3.05, 3.63) is 60.0 Å². The Morgan fingerprint density at radius 2 is 1.51 bits per heavy atom. The second kappa shape index (κ2) is 18.5. The molecule has 0 radical (unpaired) electrons. The number of piperidine rings is 5. The number of anilines is 3. The Morgan fingerprint density at radius 1 is 0.753 bits per heavy atom. The van der Waals surface area contributed by atoms with Crippen molar-refractivity contribution in [1.82, 2.24) is 39.5 Å². The topological polar surface area (TPSA) is 169 Å². The van der Waals surface area contributed by atoms with Gasteiger partial charge in [0.05, 0.1) is 28.9 Å². The number of carbonyl (C=O) groups is 5. The van der Waals surface area contributed by atoms with Gasteiger partial charge >= 0.3 is 0 Å². The molecule has 4 aromatic rings. The molecule has 2 saturated carbocycles. The first-order chi connectivity index (χ1) is 35.5. The summed E-state index contributed by atoms with van der Waals surface area (Å²) in [6, 6.07) is 14.1. The maximum absolute atomic E-state index is 15.3. The number of aromatic nitrogens is 4. The van der Waals surface area contributed by atoms with Crippen molar-refractivity contribution >= 4 is 57.9 Å². The fourth-order valence-corrected chi connectivity index (χ4v) is 14.5. The zero-order valence-corrected chi connectivity index (χ0v) is 42.6. The molecule has 6 saturated heterocycles. The molecule has 16 heteroatoms.